The van der Waals surface area contributed by atoms with E-state index >= 15 is 0 Å². The molecule has 8 heteroatoms. The lowest BCUT2D eigenvalue weighted by Gasteiger charge is -2.43. The van der Waals surface area contributed by atoms with E-state index in [1.807, 2.05) is 0 Å². The minimum Gasteiger partial charge on any atom is -0.456 e. The third-order valence-electron chi connectivity index (χ3n) is 3.47. The second-order valence-electron chi connectivity index (χ2n) is 5.73. The Labute approximate surface area is 147 Å². The van der Waals surface area contributed by atoms with Crippen LogP contribution in [0.25, 0.3) is 0 Å². The predicted octanol–water partition coefficient (Wildman–Crippen LogP) is 1.51. The first kappa shape index (κ1) is 21.1. The predicted molar refractivity (Wildman–Crippen MR) is 86.4 cm³/mol. The molecule has 0 aliphatic carbocycles. The van der Waals surface area contributed by atoms with Crippen molar-refractivity contribution in [3.05, 3.63) is 12.7 Å². The molecular weight excluding hydrogens is 332 g/mol. The molecule has 1 rings (SSSR count). The van der Waals surface area contributed by atoms with Gasteiger partial charge in [0, 0.05) is 20.8 Å². The summed E-state index contributed by atoms with van der Waals surface area (Å²) in [7, 11) is 0. The highest BCUT2D eigenvalue weighted by molar-refractivity contribution is 5.68. The Morgan fingerprint density at radius 3 is 2.00 bits per heavy atom. The molecule has 0 aromatic carbocycles. The fourth-order valence-corrected chi connectivity index (χ4v) is 2.53. The van der Waals surface area contributed by atoms with Gasteiger partial charge in [-0.05, 0) is 19.8 Å². The summed E-state index contributed by atoms with van der Waals surface area (Å²) in [4.78, 5) is 34.3. The molecular formula is C17H26O8. The van der Waals surface area contributed by atoms with Gasteiger partial charge in [-0.3, -0.25) is 14.4 Å². The van der Waals surface area contributed by atoms with E-state index < -0.39 is 48.6 Å². The Kier molecular flexibility index (Phi) is 8.57. The first-order valence-corrected chi connectivity index (χ1v) is 8.15. The minimum atomic E-state index is -1.05. The van der Waals surface area contributed by atoms with Crippen LogP contribution in [0, 0.1) is 0 Å². The molecule has 25 heavy (non-hydrogen) atoms. The molecule has 0 saturated carbocycles. The van der Waals surface area contributed by atoms with E-state index in [1.165, 1.54) is 20.8 Å². The van der Waals surface area contributed by atoms with Crippen LogP contribution in [0.5, 0.6) is 0 Å². The number of allylic oxidation sites excluding steroid dienone is 1. The van der Waals surface area contributed by atoms with Crippen molar-refractivity contribution in [2.45, 2.75) is 71.2 Å². The van der Waals surface area contributed by atoms with E-state index in [0.717, 1.165) is 6.42 Å². The second-order valence-corrected chi connectivity index (χ2v) is 5.73. The van der Waals surface area contributed by atoms with Gasteiger partial charge in [0.15, 0.2) is 24.6 Å². The van der Waals surface area contributed by atoms with Gasteiger partial charge in [-0.2, -0.15) is 0 Å². The van der Waals surface area contributed by atoms with Crippen molar-refractivity contribution in [3.63, 3.8) is 0 Å². The number of hydrogen-bond donors (Lipinski definition) is 0. The van der Waals surface area contributed by atoms with Gasteiger partial charge in [0.1, 0.15) is 0 Å². The maximum Gasteiger partial charge on any atom is 0.303 e. The topological polar surface area (TPSA) is 97.4 Å². The van der Waals surface area contributed by atoms with Gasteiger partial charge in [0.05, 0.1) is 12.7 Å². The SMILES string of the molecule is C=CCCCO[C@@H]1O[C@@H](C)[C@@H](OC(C)=O)[C@@H](OC(C)=O)[C@@H]1OC(C)=O. The average molecular weight is 358 g/mol. The maximum absolute atomic E-state index is 11.5. The molecule has 0 unspecified atom stereocenters. The standard InChI is InChI=1S/C17H26O8/c1-6-7-8-9-21-17-16(25-13(5)20)15(24-12(4)19)14(10(2)22-17)23-11(3)18/h6,10,14-17H,1,7-9H2,2-5H3/t10-,14+,15+,16-,17+/m0/s1. The first-order valence-electron chi connectivity index (χ1n) is 8.15. The lowest BCUT2D eigenvalue weighted by Crippen LogP contribution is -2.61. The van der Waals surface area contributed by atoms with Crippen molar-refractivity contribution in [2.24, 2.45) is 0 Å². The third kappa shape index (κ3) is 6.83. The van der Waals surface area contributed by atoms with Crippen LogP contribution in [0.4, 0.5) is 0 Å². The Balaban J connectivity index is 3.00. The molecule has 1 fully saturated rings. The van der Waals surface area contributed by atoms with Crippen LogP contribution in [0.1, 0.15) is 40.5 Å². The van der Waals surface area contributed by atoms with E-state index in [-0.39, 0.29) is 0 Å². The quantitative estimate of drug-likeness (QED) is 0.279. The lowest BCUT2D eigenvalue weighted by molar-refractivity contribution is -0.300. The number of carbonyl (C=O) groups is 3. The van der Waals surface area contributed by atoms with Gasteiger partial charge in [0.25, 0.3) is 0 Å². The van der Waals surface area contributed by atoms with Crippen molar-refractivity contribution in [2.75, 3.05) is 6.61 Å². The monoisotopic (exact) mass is 358 g/mol. The van der Waals surface area contributed by atoms with E-state index in [1.54, 1.807) is 13.0 Å². The minimum absolute atomic E-state index is 0.339. The zero-order valence-electron chi connectivity index (χ0n) is 15.1. The summed E-state index contributed by atoms with van der Waals surface area (Å²) < 4.78 is 27.1. The van der Waals surface area contributed by atoms with Crippen LogP contribution in [0.2, 0.25) is 0 Å². The van der Waals surface area contributed by atoms with Gasteiger partial charge in [-0.15, -0.1) is 6.58 Å². The summed E-state index contributed by atoms with van der Waals surface area (Å²) in [5.74, 6) is -1.76. The number of ether oxygens (including phenoxy) is 5. The van der Waals surface area contributed by atoms with Crippen molar-refractivity contribution in [1.82, 2.24) is 0 Å². The zero-order valence-corrected chi connectivity index (χ0v) is 15.1. The molecule has 0 N–H and O–H groups in total. The molecule has 1 aliphatic heterocycles. The maximum atomic E-state index is 11.5. The first-order chi connectivity index (χ1) is 11.8. The van der Waals surface area contributed by atoms with Crippen LogP contribution in [0.15, 0.2) is 12.7 Å². The summed E-state index contributed by atoms with van der Waals surface area (Å²) in [5, 5.41) is 0. The van der Waals surface area contributed by atoms with Crippen LogP contribution in [-0.2, 0) is 38.1 Å². The molecule has 8 nitrogen and oxygen atoms in total. The third-order valence-corrected chi connectivity index (χ3v) is 3.47. The van der Waals surface area contributed by atoms with Crippen LogP contribution in [0.3, 0.4) is 0 Å². The Bertz CT molecular complexity index is 489. The molecule has 0 spiro atoms. The molecule has 0 aromatic rings. The van der Waals surface area contributed by atoms with Crippen LogP contribution >= 0.6 is 0 Å². The fourth-order valence-electron chi connectivity index (χ4n) is 2.53. The molecule has 1 heterocycles. The summed E-state index contributed by atoms with van der Waals surface area (Å²) in [6.45, 7) is 9.30. The van der Waals surface area contributed by atoms with E-state index in [9.17, 15) is 14.4 Å². The summed E-state index contributed by atoms with van der Waals surface area (Å²) in [5.41, 5.74) is 0. The highest BCUT2D eigenvalue weighted by atomic mass is 16.7. The summed E-state index contributed by atoms with van der Waals surface area (Å²) in [6.07, 6.45) is -1.34. The number of esters is 3. The average Bonchev–Trinajstić information content (AvgIpc) is 2.49. The van der Waals surface area contributed by atoms with E-state index in [4.69, 9.17) is 23.7 Å². The lowest BCUT2D eigenvalue weighted by atomic mass is 9.99. The largest absolute Gasteiger partial charge is 0.456 e. The number of hydrogen-bond acceptors (Lipinski definition) is 8. The summed E-state index contributed by atoms with van der Waals surface area (Å²) >= 11 is 0. The highest BCUT2D eigenvalue weighted by Gasteiger charge is 2.50. The molecule has 5 atom stereocenters. The molecule has 0 bridgehead atoms. The smallest absolute Gasteiger partial charge is 0.303 e. The molecule has 1 saturated heterocycles. The van der Waals surface area contributed by atoms with Gasteiger partial charge in [0.2, 0.25) is 0 Å². The van der Waals surface area contributed by atoms with Gasteiger partial charge in [-0.1, -0.05) is 6.08 Å². The highest BCUT2D eigenvalue weighted by Crippen LogP contribution is 2.29. The van der Waals surface area contributed by atoms with Crippen LogP contribution < -0.4 is 0 Å². The Hall–Kier alpha value is -1.93. The van der Waals surface area contributed by atoms with Crippen molar-refractivity contribution < 1.29 is 38.1 Å². The van der Waals surface area contributed by atoms with E-state index in [2.05, 4.69) is 6.58 Å². The molecule has 0 amide bonds. The van der Waals surface area contributed by atoms with Gasteiger partial charge >= 0.3 is 17.9 Å². The van der Waals surface area contributed by atoms with Crippen molar-refractivity contribution >= 4 is 17.9 Å². The van der Waals surface area contributed by atoms with Crippen molar-refractivity contribution in [3.8, 4) is 0 Å². The fraction of sp³-hybridized carbons (Fsp3) is 0.706. The number of rotatable bonds is 8. The molecule has 0 aromatic heterocycles. The normalized spacial score (nSPS) is 28.7. The zero-order chi connectivity index (χ0) is 19.0. The Morgan fingerprint density at radius 1 is 0.960 bits per heavy atom. The number of unbranched alkanes of at least 4 members (excludes halogenated alkanes) is 1. The molecule has 142 valence electrons. The summed E-state index contributed by atoms with van der Waals surface area (Å²) in [6, 6.07) is 0. The van der Waals surface area contributed by atoms with E-state index in [0.29, 0.717) is 13.0 Å². The molecule has 1 aliphatic rings. The second kappa shape index (κ2) is 10.1. The number of carbonyl (C=O) groups excluding carboxylic acids is 3. The Morgan fingerprint density at radius 2 is 1.48 bits per heavy atom. The van der Waals surface area contributed by atoms with Crippen LogP contribution in [-0.4, -0.2) is 55.2 Å². The van der Waals surface area contributed by atoms with Gasteiger partial charge in [-0.25, -0.2) is 0 Å². The molecule has 0 radical (unpaired) electrons. The van der Waals surface area contributed by atoms with Crippen molar-refractivity contribution in [1.29, 1.82) is 0 Å². The van der Waals surface area contributed by atoms with Gasteiger partial charge < -0.3 is 23.7 Å².